The molecule has 1 aliphatic rings. The fourth-order valence-electron chi connectivity index (χ4n) is 5.16. The second-order valence-corrected chi connectivity index (χ2v) is 9.02. The van der Waals surface area contributed by atoms with E-state index in [4.69, 9.17) is 4.74 Å². The van der Waals surface area contributed by atoms with Crippen molar-refractivity contribution in [2.45, 2.75) is 44.6 Å². The van der Waals surface area contributed by atoms with Gasteiger partial charge in [0.1, 0.15) is 5.82 Å². The molecule has 1 amide bonds. The molecular formula is C27H34FN3O2. The van der Waals surface area contributed by atoms with E-state index in [1.54, 1.807) is 19.2 Å². The summed E-state index contributed by atoms with van der Waals surface area (Å²) < 4.78 is 19.3. The van der Waals surface area contributed by atoms with Crippen LogP contribution in [0.5, 0.6) is 0 Å². The van der Waals surface area contributed by atoms with Crippen LogP contribution in [0.1, 0.15) is 38.2 Å². The Morgan fingerprint density at radius 3 is 2.64 bits per heavy atom. The zero-order valence-electron chi connectivity index (χ0n) is 19.6. The zero-order valence-corrected chi connectivity index (χ0v) is 19.6. The van der Waals surface area contributed by atoms with Crippen molar-refractivity contribution in [2.24, 2.45) is 0 Å². The summed E-state index contributed by atoms with van der Waals surface area (Å²) in [6, 6.07) is 14.9. The van der Waals surface area contributed by atoms with Crippen molar-refractivity contribution in [2.75, 3.05) is 38.3 Å². The van der Waals surface area contributed by atoms with Crippen LogP contribution in [0.3, 0.4) is 0 Å². The van der Waals surface area contributed by atoms with Gasteiger partial charge in [-0.3, -0.25) is 4.79 Å². The molecule has 0 saturated carbocycles. The highest BCUT2D eigenvalue weighted by atomic mass is 19.1. The molecule has 1 N–H and O–H groups in total. The molecule has 0 spiro atoms. The third-order valence-corrected chi connectivity index (χ3v) is 6.89. The van der Waals surface area contributed by atoms with E-state index in [1.807, 2.05) is 48.4 Å². The number of methoxy groups -OCH3 is 1. The third-order valence-electron chi connectivity index (χ3n) is 6.89. The van der Waals surface area contributed by atoms with Gasteiger partial charge in [0.2, 0.25) is 5.91 Å². The van der Waals surface area contributed by atoms with E-state index in [0.29, 0.717) is 13.0 Å². The van der Waals surface area contributed by atoms with Gasteiger partial charge in [-0.2, -0.15) is 0 Å². The first-order valence-corrected chi connectivity index (χ1v) is 11.9. The van der Waals surface area contributed by atoms with Gasteiger partial charge >= 0.3 is 0 Å². The Balaban J connectivity index is 1.40. The molecular weight excluding hydrogens is 417 g/mol. The molecule has 1 aromatic heterocycles. The summed E-state index contributed by atoms with van der Waals surface area (Å²) in [5.74, 6) is -0.0586. The van der Waals surface area contributed by atoms with Gasteiger partial charge in [0.05, 0.1) is 12.1 Å². The summed E-state index contributed by atoms with van der Waals surface area (Å²) in [6.07, 6.45) is 6.14. The Morgan fingerprint density at radius 2 is 1.94 bits per heavy atom. The second-order valence-electron chi connectivity index (χ2n) is 9.02. The summed E-state index contributed by atoms with van der Waals surface area (Å²) in [7, 11) is 1.72. The first-order valence-electron chi connectivity index (χ1n) is 11.9. The van der Waals surface area contributed by atoms with E-state index in [1.165, 1.54) is 11.6 Å². The van der Waals surface area contributed by atoms with Crippen molar-refractivity contribution < 1.29 is 13.9 Å². The maximum absolute atomic E-state index is 13.7. The standard InChI is InChI=1S/C27H34FN3O2/c1-3-26(32)31(23-9-5-4-6-10-23)27(20-33-2)13-16-30(17-14-27)15-7-8-21-19-29-25-12-11-22(28)18-24(21)25/h4-6,9-12,18-19,29H,3,7-8,13-17,20H2,1-2H3. The predicted octanol–water partition coefficient (Wildman–Crippen LogP) is 5.16. The minimum atomic E-state index is -0.325. The van der Waals surface area contributed by atoms with Crippen molar-refractivity contribution in [1.29, 1.82) is 0 Å². The van der Waals surface area contributed by atoms with Crippen LogP contribution in [0.2, 0.25) is 0 Å². The number of piperidine rings is 1. The van der Waals surface area contributed by atoms with Crippen LogP contribution < -0.4 is 4.90 Å². The van der Waals surface area contributed by atoms with E-state index >= 15 is 0 Å². The Kier molecular flexibility index (Phi) is 7.46. The van der Waals surface area contributed by atoms with Crippen molar-refractivity contribution in [3.8, 4) is 0 Å². The lowest BCUT2D eigenvalue weighted by molar-refractivity contribution is -0.120. The van der Waals surface area contributed by atoms with E-state index in [0.717, 1.165) is 61.9 Å². The number of nitrogens with zero attached hydrogens (tertiary/aromatic N) is 2. The van der Waals surface area contributed by atoms with Gasteiger partial charge in [-0.1, -0.05) is 25.1 Å². The molecule has 6 heteroatoms. The normalized spacial score (nSPS) is 16.2. The van der Waals surface area contributed by atoms with E-state index < -0.39 is 0 Å². The average molecular weight is 452 g/mol. The van der Waals surface area contributed by atoms with Gasteiger partial charge < -0.3 is 19.5 Å². The minimum Gasteiger partial charge on any atom is -0.382 e. The molecule has 1 saturated heterocycles. The first kappa shape index (κ1) is 23.5. The number of carbonyl (C=O) groups is 1. The number of H-pyrrole nitrogens is 1. The molecule has 0 aliphatic carbocycles. The van der Waals surface area contributed by atoms with Crippen molar-refractivity contribution >= 4 is 22.5 Å². The molecule has 0 bridgehead atoms. The van der Waals surface area contributed by atoms with Crippen LogP contribution in [0, 0.1) is 5.82 Å². The van der Waals surface area contributed by atoms with Gasteiger partial charge in [-0.05, 0) is 68.1 Å². The van der Waals surface area contributed by atoms with E-state index in [2.05, 4.69) is 9.88 Å². The minimum absolute atomic E-state index is 0.137. The summed E-state index contributed by atoms with van der Waals surface area (Å²) >= 11 is 0. The number of carbonyl (C=O) groups excluding carboxylic acids is 1. The molecule has 0 radical (unpaired) electrons. The fraction of sp³-hybridized carbons (Fsp3) is 0.444. The SMILES string of the molecule is CCC(=O)N(c1ccccc1)C1(COC)CCN(CCCc2c[nH]c3ccc(F)cc23)CC1. The molecule has 2 heterocycles. The Hall–Kier alpha value is -2.70. The highest BCUT2D eigenvalue weighted by molar-refractivity contribution is 5.94. The van der Waals surface area contributed by atoms with Crippen LogP contribution in [0.4, 0.5) is 10.1 Å². The Labute approximate surface area is 195 Å². The van der Waals surface area contributed by atoms with Crippen molar-refractivity contribution in [3.05, 3.63) is 66.1 Å². The topological polar surface area (TPSA) is 48.6 Å². The molecule has 3 aromatic rings. The number of halogens is 1. The van der Waals surface area contributed by atoms with Crippen LogP contribution in [0.25, 0.3) is 10.9 Å². The quantitative estimate of drug-likeness (QED) is 0.489. The third kappa shape index (κ3) is 5.12. The molecule has 1 fully saturated rings. The first-order chi connectivity index (χ1) is 16.1. The largest absolute Gasteiger partial charge is 0.382 e. The van der Waals surface area contributed by atoms with E-state index in [9.17, 15) is 9.18 Å². The maximum Gasteiger partial charge on any atom is 0.227 e. The van der Waals surface area contributed by atoms with Gasteiger partial charge in [-0.15, -0.1) is 0 Å². The predicted molar refractivity (Wildman–Crippen MR) is 131 cm³/mol. The van der Waals surface area contributed by atoms with E-state index in [-0.39, 0.29) is 17.3 Å². The molecule has 4 rings (SSSR count). The molecule has 0 unspecified atom stereocenters. The van der Waals surface area contributed by atoms with Gasteiger partial charge in [0.25, 0.3) is 0 Å². The number of anilines is 1. The summed E-state index contributed by atoms with van der Waals surface area (Å²) in [6.45, 7) is 5.28. The molecule has 0 atom stereocenters. The van der Waals surface area contributed by atoms with Gasteiger partial charge in [-0.25, -0.2) is 4.39 Å². The van der Waals surface area contributed by atoms with Crippen LogP contribution in [-0.2, 0) is 16.0 Å². The van der Waals surface area contributed by atoms with Crippen LogP contribution in [0.15, 0.2) is 54.7 Å². The average Bonchev–Trinajstić information content (AvgIpc) is 3.23. The lowest BCUT2D eigenvalue weighted by Gasteiger charge is -2.48. The van der Waals surface area contributed by atoms with Gasteiger partial charge in [0, 0.05) is 49.4 Å². The smallest absolute Gasteiger partial charge is 0.227 e. The Morgan fingerprint density at radius 1 is 1.18 bits per heavy atom. The second kappa shape index (κ2) is 10.5. The highest BCUT2D eigenvalue weighted by Gasteiger charge is 2.42. The number of benzene rings is 2. The van der Waals surface area contributed by atoms with Crippen LogP contribution >= 0.6 is 0 Å². The lowest BCUT2D eigenvalue weighted by Crippen LogP contribution is -2.60. The monoisotopic (exact) mass is 451 g/mol. The summed E-state index contributed by atoms with van der Waals surface area (Å²) in [5, 5.41) is 0.976. The number of para-hydroxylation sites is 1. The lowest BCUT2D eigenvalue weighted by atomic mass is 9.85. The zero-order chi connectivity index (χ0) is 23.3. The number of likely N-dealkylation sites (tertiary alicyclic amines) is 1. The number of rotatable bonds is 9. The molecule has 33 heavy (non-hydrogen) atoms. The number of ether oxygens (including phenoxy) is 1. The molecule has 176 valence electrons. The fourth-order valence-corrected chi connectivity index (χ4v) is 5.16. The summed E-state index contributed by atoms with van der Waals surface area (Å²) in [4.78, 5) is 20.7. The number of nitrogens with one attached hydrogen (secondary N) is 1. The number of amides is 1. The van der Waals surface area contributed by atoms with Crippen molar-refractivity contribution in [3.63, 3.8) is 0 Å². The number of fused-ring (bicyclic) bond motifs is 1. The number of hydrogen-bond acceptors (Lipinski definition) is 3. The Bertz CT molecular complexity index is 1060. The molecule has 1 aliphatic heterocycles. The van der Waals surface area contributed by atoms with Crippen LogP contribution in [-0.4, -0.2) is 54.7 Å². The number of aromatic nitrogens is 1. The maximum atomic E-state index is 13.7. The van der Waals surface area contributed by atoms with Gasteiger partial charge in [0.15, 0.2) is 0 Å². The number of hydrogen-bond donors (Lipinski definition) is 1. The molecule has 5 nitrogen and oxygen atoms in total. The molecule has 2 aromatic carbocycles. The number of aryl methyl sites for hydroxylation is 1. The summed E-state index contributed by atoms with van der Waals surface area (Å²) in [5.41, 5.74) is 2.77. The number of aromatic amines is 1. The highest BCUT2D eigenvalue weighted by Crippen LogP contribution is 2.34. The van der Waals surface area contributed by atoms with Crippen molar-refractivity contribution in [1.82, 2.24) is 9.88 Å².